The zero-order chi connectivity index (χ0) is 24.6. The fourth-order valence-electron chi connectivity index (χ4n) is 3.73. The first kappa shape index (κ1) is 23.4. The van der Waals surface area contributed by atoms with Gasteiger partial charge in [0, 0.05) is 35.4 Å². The Labute approximate surface area is 195 Å². The molecule has 0 fully saturated rings. The normalized spacial score (nSPS) is 12.9. The molecular formula is C25H28FN5O3. The van der Waals surface area contributed by atoms with Gasteiger partial charge in [0.25, 0.3) is 5.91 Å². The van der Waals surface area contributed by atoms with Crippen LogP contribution in [0.2, 0.25) is 0 Å². The van der Waals surface area contributed by atoms with Crippen molar-refractivity contribution in [2.45, 2.75) is 45.5 Å². The molecule has 1 aromatic carbocycles. The number of halogens is 1. The summed E-state index contributed by atoms with van der Waals surface area (Å²) in [6.45, 7) is 6.30. The Bertz CT molecular complexity index is 1400. The minimum Gasteiger partial charge on any atom is -0.387 e. The first-order valence-corrected chi connectivity index (χ1v) is 11.1. The number of nitrogens with one attached hydrogen (secondary N) is 4. The molecule has 0 bridgehead atoms. The standard InChI is InChI=1S/C25H28FN5O3/c1-13(2)30-22-17(24(33)29-12-19(26)25(3,4)34)11-28-21-16-7-5-14(9-18(16)31-23(21)22)15-6-8-20(32)27-10-15/h5-11,13,19,31,34H,12H2,1-4H3,(H,27,32)(H,28,30)(H,29,33)/t19-/m1/s1. The Morgan fingerprint density at radius 2 is 1.94 bits per heavy atom. The SMILES string of the molecule is CC(C)Nc1c(C(=O)NC[C@@H](F)C(C)(C)O)cnc2c1[nH]c1cc(-c3ccc(=O)[nH]c3)ccc12. The lowest BCUT2D eigenvalue weighted by molar-refractivity contribution is -0.00177. The summed E-state index contributed by atoms with van der Waals surface area (Å²) in [7, 11) is 0. The topological polar surface area (TPSA) is 123 Å². The number of nitrogens with zero attached hydrogens (tertiary/aromatic N) is 1. The summed E-state index contributed by atoms with van der Waals surface area (Å²) in [5.74, 6) is -0.489. The second-order valence-corrected chi connectivity index (χ2v) is 9.23. The second-order valence-electron chi connectivity index (χ2n) is 9.23. The molecule has 4 rings (SSSR count). The number of carbonyl (C=O) groups excluding carboxylic acids is 1. The molecule has 0 aliphatic rings. The van der Waals surface area contributed by atoms with Crippen LogP contribution in [0.3, 0.4) is 0 Å². The van der Waals surface area contributed by atoms with E-state index in [-0.39, 0.29) is 23.7 Å². The number of rotatable bonds is 7. The first-order valence-electron chi connectivity index (χ1n) is 11.1. The number of aliphatic hydroxyl groups is 1. The van der Waals surface area contributed by atoms with E-state index in [0.29, 0.717) is 16.7 Å². The summed E-state index contributed by atoms with van der Waals surface area (Å²) in [5, 5.41) is 16.6. The second kappa shape index (κ2) is 8.90. The zero-order valence-corrected chi connectivity index (χ0v) is 19.5. The van der Waals surface area contributed by atoms with E-state index < -0.39 is 17.7 Å². The van der Waals surface area contributed by atoms with E-state index in [0.717, 1.165) is 22.0 Å². The molecule has 0 spiro atoms. The zero-order valence-electron chi connectivity index (χ0n) is 19.5. The molecule has 0 radical (unpaired) electrons. The van der Waals surface area contributed by atoms with Gasteiger partial charge in [0.1, 0.15) is 6.17 Å². The van der Waals surface area contributed by atoms with Crippen molar-refractivity contribution in [2.75, 3.05) is 11.9 Å². The molecule has 0 saturated heterocycles. The summed E-state index contributed by atoms with van der Waals surface area (Å²) in [6, 6.07) is 9.09. The summed E-state index contributed by atoms with van der Waals surface area (Å²) >= 11 is 0. The van der Waals surface area contributed by atoms with E-state index in [2.05, 4.69) is 25.6 Å². The molecule has 34 heavy (non-hydrogen) atoms. The lowest BCUT2D eigenvalue weighted by Gasteiger charge is -2.23. The largest absolute Gasteiger partial charge is 0.387 e. The molecule has 3 aromatic heterocycles. The highest BCUT2D eigenvalue weighted by molar-refractivity contribution is 6.14. The fourth-order valence-corrected chi connectivity index (χ4v) is 3.73. The Morgan fingerprint density at radius 1 is 1.21 bits per heavy atom. The number of fused-ring (bicyclic) bond motifs is 3. The molecular weight excluding hydrogens is 437 g/mol. The number of benzene rings is 1. The number of aromatic amines is 2. The van der Waals surface area contributed by atoms with E-state index in [1.54, 1.807) is 12.3 Å². The van der Waals surface area contributed by atoms with Gasteiger partial charge < -0.3 is 25.7 Å². The van der Waals surface area contributed by atoms with Crippen LogP contribution < -0.4 is 16.2 Å². The van der Waals surface area contributed by atoms with Crippen LogP contribution >= 0.6 is 0 Å². The Kier molecular flexibility index (Phi) is 6.14. The van der Waals surface area contributed by atoms with Crippen LogP contribution in [0.1, 0.15) is 38.1 Å². The Morgan fingerprint density at radius 3 is 2.59 bits per heavy atom. The van der Waals surface area contributed by atoms with Crippen LogP contribution in [0.25, 0.3) is 33.1 Å². The van der Waals surface area contributed by atoms with Gasteiger partial charge in [-0.2, -0.15) is 0 Å². The lowest BCUT2D eigenvalue weighted by Crippen LogP contribution is -2.42. The van der Waals surface area contributed by atoms with Gasteiger partial charge in [-0.1, -0.05) is 12.1 Å². The monoisotopic (exact) mass is 465 g/mol. The van der Waals surface area contributed by atoms with Crippen molar-refractivity contribution < 1.29 is 14.3 Å². The molecule has 0 saturated carbocycles. The number of H-pyrrole nitrogens is 2. The van der Waals surface area contributed by atoms with Gasteiger partial charge in [0.15, 0.2) is 0 Å². The van der Waals surface area contributed by atoms with Gasteiger partial charge in [-0.15, -0.1) is 0 Å². The number of hydrogen-bond acceptors (Lipinski definition) is 5. The van der Waals surface area contributed by atoms with Crippen molar-refractivity contribution in [3.63, 3.8) is 0 Å². The van der Waals surface area contributed by atoms with Crippen molar-refractivity contribution in [3.05, 3.63) is 58.6 Å². The van der Waals surface area contributed by atoms with E-state index in [4.69, 9.17) is 0 Å². The fraction of sp³-hybridized carbons (Fsp3) is 0.320. The van der Waals surface area contributed by atoms with Crippen LogP contribution in [0, 0.1) is 0 Å². The first-order chi connectivity index (χ1) is 16.0. The minimum atomic E-state index is -1.62. The molecule has 4 aromatic rings. The molecule has 5 N–H and O–H groups in total. The maximum absolute atomic E-state index is 14.2. The molecule has 0 unspecified atom stereocenters. The summed E-state index contributed by atoms with van der Waals surface area (Å²) in [5.41, 5.74) is 3.06. The maximum Gasteiger partial charge on any atom is 0.255 e. The number of hydrogen-bond donors (Lipinski definition) is 5. The predicted molar refractivity (Wildman–Crippen MR) is 132 cm³/mol. The van der Waals surface area contributed by atoms with E-state index in [1.807, 2.05) is 32.0 Å². The average molecular weight is 466 g/mol. The third-order valence-corrected chi connectivity index (χ3v) is 5.62. The smallest absolute Gasteiger partial charge is 0.255 e. The van der Waals surface area contributed by atoms with E-state index >= 15 is 0 Å². The van der Waals surface area contributed by atoms with Crippen LogP contribution in [-0.2, 0) is 0 Å². The Balaban J connectivity index is 1.77. The van der Waals surface area contributed by atoms with Gasteiger partial charge in [-0.25, -0.2) is 4.39 Å². The number of anilines is 1. The van der Waals surface area contributed by atoms with E-state index in [1.165, 1.54) is 26.1 Å². The summed E-state index contributed by atoms with van der Waals surface area (Å²) in [4.78, 5) is 34.9. The number of pyridine rings is 2. The van der Waals surface area contributed by atoms with Crippen LogP contribution in [0.15, 0.2) is 47.5 Å². The van der Waals surface area contributed by atoms with Crippen molar-refractivity contribution in [2.24, 2.45) is 0 Å². The van der Waals surface area contributed by atoms with Crippen molar-refractivity contribution in [3.8, 4) is 11.1 Å². The number of carbonyl (C=O) groups is 1. The number of aromatic nitrogens is 3. The van der Waals surface area contributed by atoms with Crippen molar-refractivity contribution in [1.29, 1.82) is 0 Å². The average Bonchev–Trinajstić information content (AvgIpc) is 3.15. The number of amides is 1. The Hall–Kier alpha value is -3.72. The van der Waals surface area contributed by atoms with Crippen molar-refractivity contribution in [1.82, 2.24) is 20.3 Å². The van der Waals surface area contributed by atoms with Gasteiger partial charge in [0.05, 0.1) is 34.4 Å². The molecule has 1 amide bonds. The maximum atomic E-state index is 14.2. The van der Waals surface area contributed by atoms with Crippen LogP contribution in [0.4, 0.5) is 10.1 Å². The summed E-state index contributed by atoms with van der Waals surface area (Å²) < 4.78 is 14.2. The van der Waals surface area contributed by atoms with Gasteiger partial charge >= 0.3 is 0 Å². The molecule has 9 heteroatoms. The van der Waals surface area contributed by atoms with E-state index in [9.17, 15) is 19.1 Å². The van der Waals surface area contributed by atoms with Gasteiger partial charge in [-0.3, -0.25) is 14.6 Å². The summed E-state index contributed by atoms with van der Waals surface area (Å²) in [6.07, 6.45) is 1.52. The highest BCUT2D eigenvalue weighted by Gasteiger charge is 2.27. The molecule has 1 atom stereocenters. The minimum absolute atomic E-state index is 0.0190. The third kappa shape index (κ3) is 4.65. The quantitative estimate of drug-likeness (QED) is 0.285. The molecule has 0 aliphatic heterocycles. The highest BCUT2D eigenvalue weighted by Crippen LogP contribution is 2.33. The molecule has 0 aliphatic carbocycles. The third-order valence-electron chi connectivity index (χ3n) is 5.62. The molecule has 178 valence electrons. The van der Waals surface area contributed by atoms with Gasteiger partial charge in [0.2, 0.25) is 5.56 Å². The van der Waals surface area contributed by atoms with Crippen LogP contribution in [-0.4, -0.2) is 50.3 Å². The molecule has 3 heterocycles. The predicted octanol–water partition coefficient (Wildman–Crippen LogP) is 3.73. The van der Waals surface area contributed by atoms with Gasteiger partial charge in [-0.05, 0) is 51.0 Å². The van der Waals surface area contributed by atoms with Crippen molar-refractivity contribution >= 4 is 33.5 Å². The highest BCUT2D eigenvalue weighted by atomic mass is 19.1. The molecule has 8 nitrogen and oxygen atoms in total. The lowest BCUT2D eigenvalue weighted by atomic mass is 10.0. The number of alkyl halides is 1. The van der Waals surface area contributed by atoms with Crippen LogP contribution in [0.5, 0.6) is 0 Å².